The number of aliphatic hydroxyl groups excluding tert-OH is 1. The van der Waals surface area contributed by atoms with Crippen molar-refractivity contribution in [3.63, 3.8) is 0 Å². The molecule has 82 valence electrons. The monoisotopic (exact) mass is 253 g/mol. The molecule has 1 aromatic heterocycles. The number of hydrogen-bond donors (Lipinski definition) is 1. The summed E-state index contributed by atoms with van der Waals surface area (Å²) >= 11 is 11.8. The van der Waals surface area contributed by atoms with Crippen LogP contribution >= 0.6 is 23.2 Å². The molecule has 2 aromatic rings. The van der Waals surface area contributed by atoms with E-state index in [1.54, 1.807) is 36.5 Å². The Morgan fingerprint density at radius 3 is 2.69 bits per heavy atom. The van der Waals surface area contributed by atoms with Crippen LogP contribution in [0.2, 0.25) is 10.0 Å². The number of hydrogen-bond acceptors (Lipinski definition) is 2. The van der Waals surface area contributed by atoms with Crippen LogP contribution in [0.15, 0.2) is 42.7 Å². The molecule has 1 heterocycles. The first-order valence-electron chi connectivity index (χ1n) is 4.71. The Hall–Kier alpha value is -1.09. The minimum absolute atomic E-state index is 0.440. The smallest absolute Gasteiger partial charge is 0.106 e. The third-order valence-corrected chi connectivity index (χ3v) is 2.81. The molecule has 0 radical (unpaired) electrons. The van der Waals surface area contributed by atoms with E-state index in [4.69, 9.17) is 23.2 Å². The van der Waals surface area contributed by atoms with Crippen molar-refractivity contribution >= 4 is 23.2 Å². The van der Waals surface area contributed by atoms with E-state index >= 15 is 0 Å². The van der Waals surface area contributed by atoms with Crippen molar-refractivity contribution in [1.29, 1.82) is 0 Å². The Morgan fingerprint density at radius 2 is 2.00 bits per heavy atom. The van der Waals surface area contributed by atoms with Gasteiger partial charge in [0.15, 0.2) is 0 Å². The fraction of sp³-hybridized carbons (Fsp3) is 0.0833. The van der Waals surface area contributed by atoms with Crippen LogP contribution in [0.1, 0.15) is 17.2 Å². The van der Waals surface area contributed by atoms with Gasteiger partial charge in [0, 0.05) is 23.0 Å². The van der Waals surface area contributed by atoms with E-state index < -0.39 is 6.10 Å². The molecule has 0 fully saturated rings. The maximum Gasteiger partial charge on any atom is 0.106 e. The van der Waals surface area contributed by atoms with Gasteiger partial charge < -0.3 is 5.11 Å². The van der Waals surface area contributed by atoms with Gasteiger partial charge >= 0.3 is 0 Å². The molecule has 4 heteroatoms. The van der Waals surface area contributed by atoms with Gasteiger partial charge in [0.05, 0.1) is 5.02 Å². The summed E-state index contributed by atoms with van der Waals surface area (Å²) in [7, 11) is 0. The van der Waals surface area contributed by atoms with E-state index in [2.05, 4.69) is 4.98 Å². The summed E-state index contributed by atoms with van der Waals surface area (Å²) in [5, 5.41) is 11.2. The number of pyridine rings is 1. The van der Waals surface area contributed by atoms with Crippen LogP contribution in [0.4, 0.5) is 0 Å². The average Bonchev–Trinajstić information content (AvgIpc) is 2.29. The Kier molecular flexibility index (Phi) is 3.44. The van der Waals surface area contributed by atoms with E-state index in [1.807, 2.05) is 0 Å². The Bertz CT molecular complexity index is 502. The summed E-state index contributed by atoms with van der Waals surface area (Å²) in [5.74, 6) is 0. The maximum atomic E-state index is 10.1. The molecular weight excluding hydrogens is 245 g/mol. The third kappa shape index (κ3) is 2.35. The third-order valence-electron chi connectivity index (χ3n) is 2.26. The van der Waals surface area contributed by atoms with Crippen molar-refractivity contribution in [2.24, 2.45) is 0 Å². The molecule has 1 N–H and O–H groups in total. The van der Waals surface area contributed by atoms with Gasteiger partial charge in [-0.05, 0) is 23.8 Å². The largest absolute Gasteiger partial charge is 0.384 e. The highest BCUT2D eigenvalue weighted by Crippen LogP contribution is 2.28. The predicted molar refractivity (Wildman–Crippen MR) is 64.8 cm³/mol. The number of nitrogens with zero attached hydrogens (tertiary/aromatic N) is 1. The van der Waals surface area contributed by atoms with E-state index in [-0.39, 0.29) is 0 Å². The molecule has 0 spiro atoms. The zero-order valence-electron chi connectivity index (χ0n) is 8.27. The topological polar surface area (TPSA) is 33.1 Å². The molecule has 1 unspecified atom stereocenters. The predicted octanol–water partition coefficient (Wildman–Crippen LogP) is 3.47. The van der Waals surface area contributed by atoms with Gasteiger partial charge in [0.1, 0.15) is 6.10 Å². The molecule has 2 nitrogen and oxygen atoms in total. The first kappa shape index (κ1) is 11.4. The van der Waals surface area contributed by atoms with Crippen molar-refractivity contribution < 1.29 is 5.11 Å². The Labute approximate surface area is 103 Å². The van der Waals surface area contributed by atoms with E-state index in [0.29, 0.717) is 21.2 Å². The van der Waals surface area contributed by atoms with Crippen LogP contribution in [0.25, 0.3) is 0 Å². The van der Waals surface area contributed by atoms with Crippen molar-refractivity contribution in [3.05, 3.63) is 63.9 Å². The van der Waals surface area contributed by atoms with Crippen molar-refractivity contribution in [1.82, 2.24) is 4.98 Å². The lowest BCUT2D eigenvalue weighted by Crippen LogP contribution is -2.00. The highest BCUT2D eigenvalue weighted by atomic mass is 35.5. The number of aliphatic hydroxyl groups is 1. The van der Waals surface area contributed by atoms with Gasteiger partial charge in [-0.15, -0.1) is 0 Å². The average molecular weight is 254 g/mol. The van der Waals surface area contributed by atoms with Crippen molar-refractivity contribution in [2.75, 3.05) is 0 Å². The van der Waals surface area contributed by atoms with Gasteiger partial charge in [-0.2, -0.15) is 0 Å². The second-order valence-corrected chi connectivity index (χ2v) is 4.20. The van der Waals surface area contributed by atoms with Crippen LogP contribution in [-0.2, 0) is 0 Å². The van der Waals surface area contributed by atoms with Crippen LogP contribution in [0.3, 0.4) is 0 Å². The fourth-order valence-electron chi connectivity index (χ4n) is 1.46. The van der Waals surface area contributed by atoms with E-state index in [0.717, 1.165) is 0 Å². The summed E-state index contributed by atoms with van der Waals surface area (Å²) in [6, 6.07) is 8.74. The Balaban J connectivity index is 2.39. The van der Waals surface area contributed by atoms with Gasteiger partial charge in [-0.25, -0.2) is 0 Å². The van der Waals surface area contributed by atoms with E-state index in [9.17, 15) is 5.11 Å². The molecule has 0 saturated carbocycles. The molecule has 0 bridgehead atoms. The molecule has 0 aliphatic carbocycles. The lowest BCUT2D eigenvalue weighted by atomic mass is 10.0. The molecule has 1 aromatic carbocycles. The molecule has 1 atom stereocenters. The van der Waals surface area contributed by atoms with Gasteiger partial charge in [0.25, 0.3) is 0 Å². The first-order chi connectivity index (χ1) is 7.68. The molecular formula is C12H9Cl2NO. The fourth-order valence-corrected chi connectivity index (χ4v) is 1.89. The summed E-state index contributed by atoms with van der Waals surface area (Å²) in [6.45, 7) is 0. The number of benzene rings is 1. The maximum absolute atomic E-state index is 10.1. The van der Waals surface area contributed by atoms with Crippen LogP contribution in [-0.4, -0.2) is 10.1 Å². The molecule has 16 heavy (non-hydrogen) atoms. The lowest BCUT2D eigenvalue weighted by Gasteiger charge is -2.12. The Morgan fingerprint density at radius 1 is 1.19 bits per heavy atom. The van der Waals surface area contributed by atoms with Gasteiger partial charge in [-0.3, -0.25) is 4.98 Å². The second kappa shape index (κ2) is 4.83. The lowest BCUT2D eigenvalue weighted by molar-refractivity contribution is 0.220. The van der Waals surface area contributed by atoms with E-state index in [1.165, 1.54) is 6.20 Å². The summed E-state index contributed by atoms with van der Waals surface area (Å²) in [5.41, 5.74) is 1.33. The quantitative estimate of drug-likeness (QED) is 0.890. The van der Waals surface area contributed by atoms with Crippen molar-refractivity contribution in [2.45, 2.75) is 6.10 Å². The van der Waals surface area contributed by atoms with Gasteiger partial charge in [-0.1, -0.05) is 35.3 Å². The minimum Gasteiger partial charge on any atom is -0.384 e. The number of halogens is 2. The highest BCUT2D eigenvalue weighted by Gasteiger charge is 2.13. The molecule has 0 amide bonds. The molecule has 0 saturated heterocycles. The summed E-state index contributed by atoms with van der Waals surface area (Å²) in [6.07, 6.45) is 2.31. The zero-order chi connectivity index (χ0) is 11.5. The first-order valence-corrected chi connectivity index (χ1v) is 5.47. The SMILES string of the molecule is OC(c1cccc(Cl)c1)c1ccncc1Cl. The van der Waals surface area contributed by atoms with Crippen molar-refractivity contribution in [3.8, 4) is 0 Å². The van der Waals surface area contributed by atoms with Crippen LogP contribution in [0, 0.1) is 0 Å². The molecule has 0 aliphatic heterocycles. The highest BCUT2D eigenvalue weighted by molar-refractivity contribution is 6.31. The normalized spacial score (nSPS) is 12.4. The summed E-state index contributed by atoms with van der Waals surface area (Å²) in [4.78, 5) is 3.87. The summed E-state index contributed by atoms with van der Waals surface area (Å²) < 4.78 is 0. The van der Waals surface area contributed by atoms with Crippen LogP contribution in [0.5, 0.6) is 0 Å². The standard InChI is InChI=1S/C12H9Cl2NO/c13-9-3-1-2-8(6-9)12(16)10-4-5-15-7-11(10)14/h1-7,12,16H. The number of rotatable bonds is 2. The molecule has 0 aliphatic rings. The minimum atomic E-state index is -0.783. The van der Waals surface area contributed by atoms with Gasteiger partial charge in [0.2, 0.25) is 0 Å². The number of aromatic nitrogens is 1. The molecule has 2 rings (SSSR count). The second-order valence-electron chi connectivity index (χ2n) is 3.35. The van der Waals surface area contributed by atoms with Crippen LogP contribution < -0.4 is 0 Å². The zero-order valence-corrected chi connectivity index (χ0v) is 9.78.